The Hall–Kier alpha value is -1.69. The summed E-state index contributed by atoms with van der Waals surface area (Å²) in [5.74, 6) is 1.42. The minimum atomic E-state index is -4.34. The van der Waals surface area contributed by atoms with Crippen LogP contribution in [0, 0.1) is 0 Å². The average Bonchev–Trinajstić information content (AvgIpc) is 2.93. The smallest absolute Gasteiger partial charge is 0.416 e. The Morgan fingerprint density at radius 3 is 2.77 bits per heavy atom. The Balaban J connectivity index is 1.75. The summed E-state index contributed by atoms with van der Waals surface area (Å²) in [7, 11) is 0. The summed E-state index contributed by atoms with van der Waals surface area (Å²) in [6, 6.07) is 8.77. The number of hydrogen-bond donors (Lipinski definition) is 0. The maximum absolute atomic E-state index is 12.7. The molecule has 0 atom stereocenters. The van der Waals surface area contributed by atoms with Crippen molar-refractivity contribution >= 4 is 15.9 Å². The third-order valence-corrected chi connectivity index (χ3v) is 3.96. The number of halogens is 4. The van der Waals surface area contributed by atoms with Crippen LogP contribution in [0.3, 0.4) is 0 Å². The van der Waals surface area contributed by atoms with E-state index >= 15 is 0 Å². The Morgan fingerprint density at radius 1 is 1.18 bits per heavy atom. The zero-order chi connectivity index (χ0) is 15.7. The predicted molar refractivity (Wildman–Crippen MR) is 79.1 cm³/mol. The highest BCUT2D eigenvalue weighted by Crippen LogP contribution is 2.37. The highest BCUT2D eigenvalue weighted by atomic mass is 79.9. The van der Waals surface area contributed by atoms with Gasteiger partial charge in [0.15, 0.2) is 0 Å². The van der Waals surface area contributed by atoms with Gasteiger partial charge in [0.2, 0.25) is 0 Å². The summed E-state index contributed by atoms with van der Waals surface area (Å²) in [5, 5.41) is 0. The van der Waals surface area contributed by atoms with Gasteiger partial charge in [-0.15, -0.1) is 0 Å². The van der Waals surface area contributed by atoms with Crippen LogP contribution < -0.4 is 9.47 Å². The van der Waals surface area contributed by atoms with Crippen molar-refractivity contribution in [3.05, 3.63) is 57.6 Å². The molecule has 0 aliphatic carbocycles. The maximum Gasteiger partial charge on any atom is 0.416 e. The summed E-state index contributed by atoms with van der Waals surface area (Å²) in [6.07, 6.45) is -3.54. The molecule has 0 amide bonds. The lowest BCUT2D eigenvalue weighted by molar-refractivity contribution is -0.137. The molecule has 2 nitrogen and oxygen atoms in total. The summed E-state index contributed by atoms with van der Waals surface area (Å²) in [5.41, 5.74) is 0.841. The normalized spacial score (nSPS) is 13.6. The average molecular weight is 373 g/mol. The topological polar surface area (TPSA) is 18.5 Å². The maximum atomic E-state index is 12.7. The summed E-state index contributed by atoms with van der Waals surface area (Å²) < 4.78 is 49.9. The molecular weight excluding hydrogens is 361 g/mol. The van der Waals surface area contributed by atoms with Crippen LogP contribution in [0.5, 0.6) is 11.5 Å². The van der Waals surface area contributed by atoms with Crippen molar-refractivity contribution in [1.29, 1.82) is 0 Å². The molecule has 3 rings (SSSR count). The molecule has 116 valence electrons. The molecule has 0 spiro atoms. The monoisotopic (exact) mass is 372 g/mol. The fourth-order valence-electron chi connectivity index (χ4n) is 2.32. The van der Waals surface area contributed by atoms with Crippen LogP contribution in [0.1, 0.15) is 16.7 Å². The first-order valence-corrected chi connectivity index (χ1v) is 7.47. The molecule has 0 saturated carbocycles. The molecule has 6 heteroatoms. The van der Waals surface area contributed by atoms with Gasteiger partial charge in [-0.3, -0.25) is 0 Å². The lowest BCUT2D eigenvalue weighted by atomic mass is 10.1. The zero-order valence-corrected chi connectivity index (χ0v) is 13.0. The number of ether oxygens (including phenoxy) is 2. The fourth-order valence-corrected chi connectivity index (χ4v) is 2.92. The van der Waals surface area contributed by atoms with Crippen molar-refractivity contribution in [2.75, 3.05) is 6.61 Å². The van der Waals surface area contributed by atoms with Crippen molar-refractivity contribution in [3.63, 3.8) is 0 Å². The Morgan fingerprint density at radius 2 is 2.00 bits per heavy atom. The molecule has 0 radical (unpaired) electrons. The van der Waals surface area contributed by atoms with Crippen molar-refractivity contribution < 1.29 is 22.6 Å². The van der Waals surface area contributed by atoms with Gasteiger partial charge in [-0.2, -0.15) is 13.2 Å². The van der Waals surface area contributed by atoms with Crippen LogP contribution in [0.4, 0.5) is 13.2 Å². The molecule has 2 aromatic rings. The van der Waals surface area contributed by atoms with E-state index in [1.165, 1.54) is 6.07 Å². The van der Waals surface area contributed by atoms with E-state index in [4.69, 9.17) is 9.47 Å². The fraction of sp³-hybridized carbons (Fsp3) is 0.250. The van der Waals surface area contributed by atoms with Gasteiger partial charge in [0.05, 0.1) is 16.6 Å². The van der Waals surface area contributed by atoms with Gasteiger partial charge in [0.25, 0.3) is 0 Å². The molecule has 1 aliphatic heterocycles. The number of benzene rings is 2. The molecule has 0 aromatic heterocycles. The molecule has 0 saturated heterocycles. The highest BCUT2D eigenvalue weighted by molar-refractivity contribution is 9.10. The summed E-state index contributed by atoms with van der Waals surface area (Å²) in [4.78, 5) is 0. The molecule has 1 heterocycles. The van der Waals surface area contributed by atoms with E-state index in [-0.39, 0.29) is 6.61 Å². The molecule has 22 heavy (non-hydrogen) atoms. The van der Waals surface area contributed by atoms with Crippen LogP contribution >= 0.6 is 15.9 Å². The minimum absolute atomic E-state index is 0.0794. The largest absolute Gasteiger partial charge is 0.492 e. The lowest BCUT2D eigenvalue weighted by Crippen LogP contribution is -2.06. The molecule has 0 N–H and O–H groups in total. The molecular formula is C16H12BrF3O2. The van der Waals surface area contributed by atoms with Crippen LogP contribution in [0.15, 0.2) is 40.9 Å². The third-order valence-electron chi connectivity index (χ3n) is 3.37. The first-order chi connectivity index (χ1) is 10.4. The second-order valence-electron chi connectivity index (χ2n) is 4.98. The van der Waals surface area contributed by atoms with Gasteiger partial charge >= 0.3 is 6.18 Å². The van der Waals surface area contributed by atoms with Crippen LogP contribution in [0.25, 0.3) is 0 Å². The second kappa shape index (κ2) is 5.83. The van der Waals surface area contributed by atoms with Gasteiger partial charge in [-0.1, -0.05) is 12.1 Å². The van der Waals surface area contributed by atoms with E-state index in [0.717, 1.165) is 34.3 Å². The molecule has 0 bridgehead atoms. The van der Waals surface area contributed by atoms with Gasteiger partial charge in [-0.25, -0.2) is 0 Å². The van der Waals surface area contributed by atoms with Crippen molar-refractivity contribution in [2.24, 2.45) is 0 Å². The van der Waals surface area contributed by atoms with Crippen molar-refractivity contribution in [1.82, 2.24) is 0 Å². The van der Waals surface area contributed by atoms with Gasteiger partial charge in [-0.05, 0) is 45.8 Å². The molecule has 1 aliphatic rings. The van der Waals surface area contributed by atoms with E-state index in [9.17, 15) is 13.2 Å². The second-order valence-corrected chi connectivity index (χ2v) is 5.83. The van der Waals surface area contributed by atoms with Gasteiger partial charge < -0.3 is 9.47 Å². The van der Waals surface area contributed by atoms with E-state index in [0.29, 0.717) is 17.9 Å². The number of alkyl halides is 3. The molecule has 0 fully saturated rings. The van der Waals surface area contributed by atoms with Crippen LogP contribution in [-0.2, 0) is 19.2 Å². The highest BCUT2D eigenvalue weighted by Gasteiger charge is 2.30. The number of rotatable bonds is 3. The standard InChI is InChI=1S/C16H12BrF3O2/c17-14-8-13(7-11-4-5-21-15(11)14)22-9-10-2-1-3-12(6-10)16(18,19)20/h1-3,6-8H,4-5,9H2. The lowest BCUT2D eigenvalue weighted by Gasteiger charge is -2.11. The Kier molecular flexibility index (Phi) is 4.04. The first-order valence-electron chi connectivity index (χ1n) is 6.67. The Labute approximate surface area is 134 Å². The quantitative estimate of drug-likeness (QED) is 0.756. The summed E-state index contributed by atoms with van der Waals surface area (Å²) in [6.45, 7) is 0.709. The minimum Gasteiger partial charge on any atom is -0.492 e. The van der Waals surface area contributed by atoms with Gasteiger partial charge in [0, 0.05) is 12.0 Å². The van der Waals surface area contributed by atoms with Crippen LogP contribution in [0.2, 0.25) is 0 Å². The van der Waals surface area contributed by atoms with E-state index < -0.39 is 11.7 Å². The first kappa shape index (κ1) is 15.2. The summed E-state index contributed by atoms with van der Waals surface area (Å²) >= 11 is 3.41. The third kappa shape index (κ3) is 3.21. The van der Waals surface area contributed by atoms with Gasteiger partial charge in [0.1, 0.15) is 18.1 Å². The predicted octanol–water partition coefficient (Wildman–Crippen LogP) is 4.98. The van der Waals surface area contributed by atoms with E-state index in [1.54, 1.807) is 12.1 Å². The molecule has 2 aromatic carbocycles. The Bertz CT molecular complexity index is 698. The van der Waals surface area contributed by atoms with Crippen molar-refractivity contribution in [2.45, 2.75) is 19.2 Å². The van der Waals surface area contributed by atoms with Crippen molar-refractivity contribution in [3.8, 4) is 11.5 Å². The number of hydrogen-bond acceptors (Lipinski definition) is 2. The number of fused-ring (bicyclic) bond motifs is 1. The van der Waals surface area contributed by atoms with E-state index in [1.807, 2.05) is 6.07 Å². The molecule has 0 unspecified atom stereocenters. The zero-order valence-electron chi connectivity index (χ0n) is 11.4. The van der Waals surface area contributed by atoms with Crippen LogP contribution in [-0.4, -0.2) is 6.61 Å². The SMILES string of the molecule is FC(F)(F)c1cccc(COc2cc(Br)c3c(c2)CCO3)c1. The van der Waals surface area contributed by atoms with E-state index in [2.05, 4.69) is 15.9 Å².